The van der Waals surface area contributed by atoms with Crippen LogP contribution in [0.25, 0.3) is 0 Å². The molecule has 1 aliphatic heterocycles. The van der Waals surface area contributed by atoms with Gasteiger partial charge in [0.05, 0.1) is 32.1 Å². The number of rotatable bonds is 8. The lowest BCUT2D eigenvalue weighted by Crippen LogP contribution is -2.33. The summed E-state index contributed by atoms with van der Waals surface area (Å²) in [6.07, 6.45) is 1.88. The zero-order valence-electron chi connectivity index (χ0n) is 21.2. The quantitative estimate of drug-likeness (QED) is 0.425. The molecule has 3 aromatic rings. The minimum atomic E-state index is -0.746. The Kier molecular flexibility index (Phi) is 6.93. The third kappa shape index (κ3) is 4.73. The molecular formula is C29H31NO6. The molecule has 2 heterocycles. The Bertz CT molecular complexity index is 1280. The van der Waals surface area contributed by atoms with Crippen molar-refractivity contribution in [1.82, 2.24) is 4.90 Å². The van der Waals surface area contributed by atoms with Crippen molar-refractivity contribution in [2.24, 2.45) is 0 Å². The van der Waals surface area contributed by atoms with Gasteiger partial charge in [-0.25, -0.2) is 0 Å². The van der Waals surface area contributed by atoms with Crippen LogP contribution in [0, 0.1) is 0 Å². The summed E-state index contributed by atoms with van der Waals surface area (Å²) in [5.41, 5.74) is 2.75. The molecule has 2 aromatic carbocycles. The molecule has 0 unspecified atom stereocenters. The highest BCUT2D eigenvalue weighted by Crippen LogP contribution is 2.40. The zero-order valence-corrected chi connectivity index (χ0v) is 21.2. The zero-order chi connectivity index (χ0) is 26.0. The number of carbonyl (C=O) groups excluding carboxylic acids is 2. The van der Waals surface area contributed by atoms with E-state index in [1.165, 1.54) is 17.2 Å². The van der Waals surface area contributed by atoms with Gasteiger partial charge < -0.3 is 23.9 Å². The summed E-state index contributed by atoms with van der Waals surface area (Å²) in [6, 6.07) is 15.8. The number of aliphatic hydroxyl groups excluding tert-OH is 1. The molecule has 188 valence electrons. The Morgan fingerprint density at radius 1 is 1.03 bits per heavy atom. The van der Waals surface area contributed by atoms with Crippen LogP contribution in [0.15, 0.2) is 76.6 Å². The molecule has 0 fully saturated rings. The van der Waals surface area contributed by atoms with Crippen molar-refractivity contribution >= 4 is 11.7 Å². The lowest BCUT2D eigenvalue weighted by atomic mass is 9.85. The van der Waals surface area contributed by atoms with Crippen molar-refractivity contribution in [2.45, 2.75) is 38.6 Å². The van der Waals surface area contributed by atoms with Crippen molar-refractivity contribution in [3.05, 3.63) is 94.6 Å². The highest BCUT2D eigenvalue weighted by molar-refractivity contribution is 6.15. The number of Topliss-reactive ketones (excluding diaryl/α,β-unsaturated/α-hetero) is 1. The number of amides is 1. The summed E-state index contributed by atoms with van der Waals surface area (Å²) < 4.78 is 16.0. The molecule has 1 aromatic heterocycles. The van der Waals surface area contributed by atoms with Crippen LogP contribution in [0.1, 0.15) is 54.1 Å². The summed E-state index contributed by atoms with van der Waals surface area (Å²) in [7, 11) is 3.14. The molecule has 1 aliphatic rings. The molecule has 1 amide bonds. The predicted octanol–water partition coefficient (Wildman–Crippen LogP) is 5.42. The number of benzene rings is 2. The fraction of sp³-hybridized carbons (Fsp3) is 0.310. The van der Waals surface area contributed by atoms with Gasteiger partial charge in [0.25, 0.3) is 5.91 Å². The van der Waals surface area contributed by atoms with E-state index in [4.69, 9.17) is 13.9 Å². The van der Waals surface area contributed by atoms with E-state index in [1.807, 2.05) is 42.5 Å². The summed E-state index contributed by atoms with van der Waals surface area (Å²) in [5.74, 6) is -0.372. The molecule has 0 saturated carbocycles. The number of hydrogen-bond donors (Lipinski definition) is 1. The van der Waals surface area contributed by atoms with E-state index in [1.54, 1.807) is 20.3 Å². The molecule has 1 atom stereocenters. The van der Waals surface area contributed by atoms with E-state index in [0.29, 0.717) is 17.9 Å². The predicted molar refractivity (Wildman–Crippen MR) is 136 cm³/mol. The van der Waals surface area contributed by atoms with Crippen molar-refractivity contribution in [1.29, 1.82) is 0 Å². The number of methoxy groups -OCH3 is 2. The number of ether oxygens (including phenoxy) is 2. The highest BCUT2D eigenvalue weighted by atomic mass is 16.5. The Balaban J connectivity index is 1.69. The van der Waals surface area contributed by atoms with Crippen molar-refractivity contribution in [2.75, 3.05) is 20.8 Å². The standard InChI is InChI=1S/C29H31NO6/c1-29(2,3)20-11-9-19(10-12-20)25-24(26(31)22-7-6-16-36-22)27(32)28(33)30(25)15-14-18-8-13-21(34-4)23(17-18)35-5/h6-13,16-17,25,32H,14-15H2,1-5H3/t25-/m0/s1. The maximum atomic E-state index is 13.3. The van der Waals surface area contributed by atoms with Crippen LogP contribution < -0.4 is 9.47 Å². The lowest BCUT2D eigenvalue weighted by molar-refractivity contribution is -0.129. The average Bonchev–Trinajstić information content (AvgIpc) is 3.49. The number of carbonyl (C=O) groups is 2. The van der Waals surface area contributed by atoms with Gasteiger partial charge in [-0.1, -0.05) is 51.1 Å². The van der Waals surface area contributed by atoms with Gasteiger partial charge >= 0.3 is 0 Å². The molecule has 0 spiro atoms. The van der Waals surface area contributed by atoms with Crippen molar-refractivity contribution in [3.63, 3.8) is 0 Å². The molecular weight excluding hydrogens is 458 g/mol. The maximum absolute atomic E-state index is 13.3. The number of nitrogens with zero attached hydrogens (tertiary/aromatic N) is 1. The maximum Gasteiger partial charge on any atom is 0.290 e. The lowest BCUT2D eigenvalue weighted by Gasteiger charge is -2.28. The van der Waals surface area contributed by atoms with Gasteiger partial charge in [-0.05, 0) is 52.8 Å². The van der Waals surface area contributed by atoms with E-state index in [2.05, 4.69) is 20.8 Å². The van der Waals surface area contributed by atoms with E-state index in [9.17, 15) is 14.7 Å². The smallest absolute Gasteiger partial charge is 0.290 e. The summed E-state index contributed by atoms with van der Waals surface area (Å²) in [6.45, 7) is 6.63. The van der Waals surface area contributed by atoms with Crippen molar-refractivity contribution in [3.8, 4) is 11.5 Å². The topological polar surface area (TPSA) is 89.2 Å². The Morgan fingerprint density at radius 3 is 2.31 bits per heavy atom. The number of aliphatic hydroxyl groups is 1. The van der Waals surface area contributed by atoms with Crippen LogP contribution in [0.4, 0.5) is 0 Å². The van der Waals surface area contributed by atoms with Crippen LogP contribution in [0.3, 0.4) is 0 Å². The first-order chi connectivity index (χ1) is 17.2. The first kappa shape index (κ1) is 25.1. The first-order valence-corrected chi connectivity index (χ1v) is 11.8. The van der Waals surface area contributed by atoms with E-state index < -0.39 is 23.5 Å². The third-order valence-electron chi connectivity index (χ3n) is 6.48. The van der Waals surface area contributed by atoms with E-state index in [0.717, 1.165) is 16.7 Å². The fourth-order valence-corrected chi connectivity index (χ4v) is 4.45. The van der Waals surface area contributed by atoms with E-state index >= 15 is 0 Å². The molecule has 0 saturated heterocycles. The fourth-order valence-electron chi connectivity index (χ4n) is 4.45. The monoisotopic (exact) mass is 489 g/mol. The Morgan fingerprint density at radius 2 is 1.72 bits per heavy atom. The minimum absolute atomic E-state index is 0.0192. The molecule has 0 bridgehead atoms. The van der Waals surface area contributed by atoms with Gasteiger partial charge in [-0.2, -0.15) is 0 Å². The van der Waals surface area contributed by atoms with Crippen LogP contribution in [-0.2, 0) is 16.6 Å². The van der Waals surface area contributed by atoms with E-state index in [-0.39, 0.29) is 23.3 Å². The van der Waals surface area contributed by atoms with Gasteiger partial charge in [-0.15, -0.1) is 0 Å². The van der Waals surface area contributed by atoms with Crippen LogP contribution >= 0.6 is 0 Å². The van der Waals surface area contributed by atoms with Crippen LogP contribution in [0.2, 0.25) is 0 Å². The van der Waals surface area contributed by atoms with Crippen molar-refractivity contribution < 1.29 is 28.6 Å². The molecule has 0 aliphatic carbocycles. The molecule has 1 N–H and O–H groups in total. The van der Waals surface area contributed by atoms with Gasteiger partial charge in [-0.3, -0.25) is 9.59 Å². The summed E-state index contributed by atoms with van der Waals surface area (Å²) in [4.78, 5) is 28.1. The number of furan rings is 1. The van der Waals surface area contributed by atoms with Crippen LogP contribution in [-0.4, -0.2) is 42.5 Å². The van der Waals surface area contributed by atoms with Gasteiger partial charge in [0.1, 0.15) is 0 Å². The summed E-state index contributed by atoms with van der Waals surface area (Å²) >= 11 is 0. The largest absolute Gasteiger partial charge is 0.503 e. The Labute approximate surface area is 210 Å². The van der Waals surface area contributed by atoms with Crippen LogP contribution in [0.5, 0.6) is 11.5 Å². The SMILES string of the molecule is COc1ccc(CCN2C(=O)C(O)=C(C(=O)c3ccco3)[C@@H]2c2ccc(C(C)(C)C)cc2)cc1OC. The van der Waals surface area contributed by atoms with Gasteiger partial charge in [0.2, 0.25) is 5.78 Å². The first-order valence-electron chi connectivity index (χ1n) is 11.8. The molecule has 7 heteroatoms. The molecule has 36 heavy (non-hydrogen) atoms. The summed E-state index contributed by atoms with van der Waals surface area (Å²) in [5, 5.41) is 10.8. The third-order valence-corrected chi connectivity index (χ3v) is 6.48. The molecule has 4 rings (SSSR count). The molecule has 0 radical (unpaired) electrons. The Hall–Kier alpha value is -4.00. The minimum Gasteiger partial charge on any atom is -0.503 e. The van der Waals surface area contributed by atoms with Gasteiger partial charge in [0.15, 0.2) is 23.0 Å². The second-order valence-electron chi connectivity index (χ2n) is 9.78. The normalized spacial score (nSPS) is 16.0. The average molecular weight is 490 g/mol. The second-order valence-corrected chi connectivity index (χ2v) is 9.78. The highest BCUT2D eigenvalue weighted by Gasteiger charge is 2.44. The number of ketones is 1. The number of hydrogen-bond acceptors (Lipinski definition) is 6. The molecule has 7 nitrogen and oxygen atoms in total. The van der Waals surface area contributed by atoms with Gasteiger partial charge in [0, 0.05) is 6.54 Å². The second kappa shape index (κ2) is 9.93.